The predicted molar refractivity (Wildman–Crippen MR) is 122 cm³/mol. The SMILES string of the molecule is CC(=O)N(c1ccc2ccccc2c1)c1cc(CCCNC(=O)c2ccccc2)[nH]n1. The molecule has 2 amide bonds. The Kier molecular flexibility index (Phi) is 6.08. The fourth-order valence-corrected chi connectivity index (χ4v) is 3.56. The first-order valence-corrected chi connectivity index (χ1v) is 10.3. The third-order valence-corrected chi connectivity index (χ3v) is 5.10. The Hall–Kier alpha value is -3.93. The monoisotopic (exact) mass is 412 g/mol. The highest BCUT2D eigenvalue weighted by molar-refractivity contribution is 6.00. The molecule has 3 aromatic carbocycles. The van der Waals surface area contributed by atoms with E-state index in [0.29, 0.717) is 24.3 Å². The van der Waals surface area contributed by atoms with Crippen molar-refractivity contribution in [2.45, 2.75) is 19.8 Å². The van der Waals surface area contributed by atoms with Gasteiger partial charge in [0, 0.05) is 30.8 Å². The minimum Gasteiger partial charge on any atom is -0.352 e. The van der Waals surface area contributed by atoms with Crippen molar-refractivity contribution in [1.29, 1.82) is 0 Å². The Morgan fingerprint density at radius 3 is 2.45 bits per heavy atom. The summed E-state index contributed by atoms with van der Waals surface area (Å²) in [6.45, 7) is 2.09. The normalized spacial score (nSPS) is 10.7. The van der Waals surface area contributed by atoms with Crippen molar-refractivity contribution in [2.75, 3.05) is 11.4 Å². The van der Waals surface area contributed by atoms with Crippen molar-refractivity contribution in [3.05, 3.63) is 90.1 Å². The molecule has 0 unspecified atom stereocenters. The summed E-state index contributed by atoms with van der Waals surface area (Å²) in [5, 5.41) is 12.5. The van der Waals surface area contributed by atoms with E-state index in [-0.39, 0.29) is 11.8 Å². The Balaban J connectivity index is 1.40. The molecule has 31 heavy (non-hydrogen) atoms. The molecular weight excluding hydrogens is 388 g/mol. The number of rotatable bonds is 7. The van der Waals surface area contributed by atoms with Crippen LogP contribution in [0.5, 0.6) is 0 Å². The number of aromatic amines is 1. The average molecular weight is 412 g/mol. The van der Waals surface area contributed by atoms with Crippen LogP contribution in [0.2, 0.25) is 0 Å². The molecule has 0 spiro atoms. The number of benzene rings is 3. The molecule has 4 aromatic rings. The van der Waals surface area contributed by atoms with Crippen LogP contribution in [-0.2, 0) is 11.2 Å². The van der Waals surface area contributed by atoms with Crippen LogP contribution in [0, 0.1) is 0 Å². The zero-order chi connectivity index (χ0) is 21.6. The first-order valence-electron chi connectivity index (χ1n) is 10.3. The summed E-state index contributed by atoms with van der Waals surface area (Å²) in [5.41, 5.74) is 2.34. The van der Waals surface area contributed by atoms with E-state index in [4.69, 9.17) is 0 Å². The molecule has 156 valence electrons. The lowest BCUT2D eigenvalue weighted by atomic mass is 10.1. The highest BCUT2D eigenvalue weighted by Crippen LogP contribution is 2.28. The Bertz CT molecular complexity index is 1200. The van der Waals surface area contributed by atoms with Gasteiger partial charge in [-0.05, 0) is 47.9 Å². The summed E-state index contributed by atoms with van der Waals surface area (Å²) in [7, 11) is 0. The van der Waals surface area contributed by atoms with Crippen molar-refractivity contribution in [3.8, 4) is 0 Å². The van der Waals surface area contributed by atoms with Gasteiger partial charge in [-0.3, -0.25) is 19.6 Å². The molecule has 6 heteroatoms. The van der Waals surface area contributed by atoms with E-state index in [1.54, 1.807) is 17.0 Å². The Morgan fingerprint density at radius 1 is 0.935 bits per heavy atom. The molecular formula is C25H24N4O2. The van der Waals surface area contributed by atoms with Gasteiger partial charge in [-0.25, -0.2) is 0 Å². The molecule has 0 aliphatic rings. The van der Waals surface area contributed by atoms with E-state index < -0.39 is 0 Å². The van der Waals surface area contributed by atoms with Crippen molar-refractivity contribution in [1.82, 2.24) is 15.5 Å². The van der Waals surface area contributed by atoms with Crippen LogP contribution in [0.15, 0.2) is 78.9 Å². The molecule has 0 bridgehead atoms. The summed E-state index contributed by atoms with van der Waals surface area (Å²) >= 11 is 0. The fourth-order valence-electron chi connectivity index (χ4n) is 3.56. The average Bonchev–Trinajstić information content (AvgIpc) is 3.25. The highest BCUT2D eigenvalue weighted by Gasteiger charge is 2.17. The van der Waals surface area contributed by atoms with Gasteiger partial charge >= 0.3 is 0 Å². The van der Waals surface area contributed by atoms with Gasteiger partial charge in [-0.1, -0.05) is 48.5 Å². The molecule has 1 aromatic heterocycles. The number of carbonyl (C=O) groups excluding carboxylic acids is 2. The second-order valence-electron chi connectivity index (χ2n) is 7.36. The predicted octanol–water partition coefficient (Wildman–Crippen LogP) is 4.61. The third-order valence-electron chi connectivity index (χ3n) is 5.10. The lowest BCUT2D eigenvalue weighted by Crippen LogP contribution is -2.24. The summed E-state index contributed by atoms with van der Waals surface area (Å²) in [4.78, 5) is 26.1. The second kappa shape index (κ2) is 9.26. The van der Waals surface area contributed by atoms with Crippen LogP contribution in [0.25, 0.3) is 10.8 Å². The zero-order valence-corrected chi connectivity index (χ0v) is 17.3. The number of hydrogen-bond acceptors (Lipinski definition) is 3. The topological polar surface area (TPSA) is 78.1 Å². The summed E-state index contributed by atoms with van der Waals surface area (Å²) in [6, 6.07) is 25.0. The Labute approximate surface area is 180 Å². The van der Waals surface area contributed by atoms with Gasteiger partial charge in [0.2, 0.25) is 5.91 Å². The van der Waals surface area contributed by atoms with Crippen molar-refractivity contribution in [2.24, 2.45) is 0 Å². The number of amides is 2. The van der Waals surface area contributed by atoms with Gasteiger partial charge in [0.1, 0.15) is 0 Å². The van der Waals surface area contributed by atoms with E-state index in [0.717, 1.165) is 28.6 Å². The van der Waals surface area contributed by atoms with E-state index >= 15 is 0 Å². The minimum atomic E-state index is -0.108. The molecule has 1 heterocycles. The highest BCUT2D eigenvalue weighted by atomic mass is 16.2. The maximum Gasteiger partial charge on any atom is 0.251 e. The molecule has 4 rings (SSSR count). The minimum absolute atomic E-state index is 0.0787. The number of fused-ring (bicyclic) bond motifs is 1. The van der Waals surface area contributed by atoms with Crippen LogP contribution < -0.4 is 10.2 Å². The van der Waals surface area contributed by atoms with Gasteiger partial charge < -0.3 is 5.32 Å². The van der Waals surface area contributed by atoms with Crippen molar-refractivity contribution >= 4 is 34.1 Å². The first-order chi connectivity index (χ1) is 15.1. The molecule has 0 radical (unpaired) electrons. The number of anilines is 2. The molecule has 6 nitrogen and oxygen atoms in total. The number of aryl methyl sites for hydroxylation is 1. The fraction of sp³-hybridized carbons (Fsp3) is 0.160. The molecule has 2 N–H and O–H groups in total. The van der Waals surface area contributed by atoms with Gasteiger partial charge in [0.15, 0.2) is 5.82 Å². The van der Waals surface area contributed by atoms with E-state index in [1.165, 1.54) is 6.92 Å². The van der Waals surface area contributed by atoms with E-state index in [1.807, 2.05) is 66.7 Å². The van der Waals surface area contributed by atoms with Gasteiger partial charge in [-0.2, -0.15) is 5.10 Å². The molecule has 0 fully saturated rings. The lowest BCUT2D eigenvalue weighted by Gasteiger charge is -2.18. The van der Waals surface area contributed by atoms with E-state index in [2.05, 4.69) is 15.5 Å². The van der Waals surface area contributed by atoms with Crippen LogP contribution in [-0.4, -0.2) is 28.6 Å². The van der Waals surface area contributed by atoms with Crippen LogP contribution in [0.1, 0.15) is 29.4 Å². The van der Waals surface area contributed by atoms with Gasteiger partial charge in [0.25, 0.3) is 5.91 Å². The number of H-pyrrole nitrogens is 1. The molecule has 0 aliphatic heterocycles. The largest absolute Gasteiger partial charge is 0.352 e. The van der Waals surface area contributed by atoms with E-state index in [9.17, 15) is 9.59 Å². The van der Waals surface area contributed by atoms with Crippen molar-refractivity contribution in [3.63, 3.8) is 0 Å². The quantitative estimate of drug-likeness (QED) is 0.435. The third kappa shape index (κ3) is 4.80. The molecule has 0 aliphatic carbocycles. The van der Waals surface area contributed by atoms with Crippen LogP contribution >= 0.6 is 0 Å². The van der Waals surface area contributed by atoms with Crippen LogP contribution in [0.3, 0.4) is 0 Å². The molecule has 0 atom stereocenters. The maximum atomic E-state index is 12.4. The second-order valence-corrected chi connectivity index (χ2v) is 7.36. The number of aromatic nitrogens is 2. The zero-order valence-electron chi connectivity index (χ0n) is 17.3. The summed E-state index contributed by atoms with van der Waals surface area (Å²) in [6.07, 6.45) is 1.47. The van der Waals surface area contributed by atoms with Crippen LogP contribution in [0.4, 0.5) is 11.5 Å². The standard InChI is InChI=1S/C25H24N4O2/c1-18(30)29(23-14-13-19-8-5-6-11-21(19)16-23)24-17-22(27-28-24)12-7-15-26-25(31)20-9-3-2-4-10-20/h2-6,8-11,13-14,16-17H,7,12,15H2,1H3,(H,26,31)(H,27,28). The lowest BCUT2D eigenvalue weighted by molar-refractivity contribution is -0.115. The molecule has 0 saturated heterocycles. The number of hydrogen-bond donors (Lipinski definition) is 2. The number of nitrogens with one attached hydrogen (secondary N) is 2. The smallest absolute Gasteiger partial charge is 0.251 e. The Morgan fingerprint density at radius 2 is 1.68 bits per heavy atom. The maximum absolute atomic E-state index is 12.4. The number of nitrogens with zero attached hydrogens (tertiary/aromatic N) is 2. The molecule has 0 saturated carbocycles. The van der Waals surface area contributed by atoms with Gasteiger partial charge in [0.05, 0.1) is 5.69 Å². The summed E-state index contributed by atoms with van der Waals surface area (Å²) < 4.78 is 0. The first kappa shape index (κ1) is 20.3. The summed E-state index contributed by atoms with van der Waals surface area (Å²) in [5.74, 6) is 0.375. The van der Waals surface area contributed by atoms with Gasteiger partial charge in [-0.15, -0.1) is 0 Å². The number of carbonyl (C=O) groups is 2. The van der Waals surface area contributed by atoms with Crippen molar-refractivity contribution < 1.29 is 9.59 Å².